The maximum absolute atomic E-state index is 11.8. The van der Waals surface area contributed by atoms with Gasteiger partial charge in [-0.25, -0.2) is 0 Å². The molecule has 0 aliphatic heterocycles. The predicted molar refractivity (Wildman–Crippen MR) is 54.2 cm³/mol. The molecule has 1 aliphatic carbocycles. The van der Waals surface area contributed by atoms with Crippen LogP contribution in [0.25, 0.3) is 0 Å². The molecule has 0 heterocycles. The van der Waals surface area contributed by atoms with Crippen molar-refractivity contribution < 1.29 is 17.9 Å². The van der Waals surface area contributed by atoms with E-state index >= 15 is 0 Å². The van der Waals surface area contributed by atoms with Gasteiger partial charge in [0, 0.05) is 6.42 Å². The first-order chi connectivity index (χ1) is 6.88. The number of hydrogen-bond donors (Lipinski definition) is 0. The fourth-order valence-electron chi connectivity index (χ4n) is 1.17. The van der Waals surface area contributed by atoms with E-state index in [9.17, 15) is 13.2 Å². The van der Waals surface area contributed by atoms with Gasteiger partial charge in [-0.2, -0.15) is 0 Å². The number of rotatable bonds is 1. The summed E-state index contributed by atoms with van der Waals surface area (Å²) in [6, 6.07) is 0. The second-order valence-corrected chi connectivity index (χ2v) is 3.12. The number of allylic oxidation sites excluding steroid dienone is 4. The summed E-state index contributed by atoms with van der Waals surface area (Å²) in [5.41, 5.74) is 1.99. The van der Waals surface area contributed by atoms with Crippen LogP contribution in [0.4, 0.5) is 13.2 Å². The third-order valence-electron chi connectivity index (χ3n) is 2.04. The largest absolute Gasteiger partial charge is 0.572 e. The summed E-state index contributed by atoms with van der Waals surface area (Å²) in [6.45, 7) is 7.70. The van der Waals surface area contributed by atoms with Gasteiger partial charge in [0.1, 0.15) is 5.76 Å². The summed E-state index contributed by atoms with van der Waals surface area (Å²) in [5, 5.41) is 0. The van der Waals surface area contributed by atoms with E-state index in [0.717, 1.165) is 11.1 Å². The molecular formula is C11H17F3O. The highest BCUT2D eigenvalue weighted by atomic mass is 19.4. The molecule has 1 nitrogen and oxygen atoms in total. The zero-order valence-corrected chi connectivity index (χ0v) is 9.53. The Morgan fingerprint density at radius 2 is 1.67 bits per heavy atom. The highest BCUT2D eigenvalue weighted by Gasteiger charge is 2.32. The number of halogens is 3. The SMILES string of the molecule is CC.CC1=C(C)CCC(OC(F)(F)F)=C1. The molecule has 0 saturated heterocycles. The Labute approximate surface area is 88.6 Å². The first-order valence-electron chi connectivity index (χ1n) is 5.01. The molecule has 0 N–H and O–H groups in total. The lowest BCUT2D eigenvalue weighted by Crippen LogP contribution is -2.14. The molecule has 0 atom stereocenters. The molecular weight excluding hydrogens is 205 g/mol. The molecule has 0 unspecified atom stereocenters. The van der Waals surface area contributed by atoms with E-state index in [1.807, 2.05) is 20.8 Å². The van der Waals surface area contributed by atoms with Crippen molar-refractivity contribution in [1.82, 2.24) is 0 Å². The Balaban J connectivity index is 0.000000921. The molecule has 88 valence electrons. The summed E-state index contributed by atoms with van der Waals surface area (Å²) < 4.78 is 39.2. The van der Waals surface area contributed by atoms with Crippen molar-refractivity contribution in [1.29, 1.82) is 0 Å². The lowest BCUT2D eigenvalue weighted by Gasteiger charge is -2.17. The minimum atomic E-state index is -4.56. The first-order valence-corrected chi connectivity index (χ1v) is 5.01. The van der Waals surface area contributed by atoms with E-state index in [-0.39, 0.29) is 5.76 Å². The van der Waals surface area contributed by atoms with Crippen LogP contribution in [0.15, 0.2) is 23.0 Å². The van der Waals surface area contributed by atoms with Crippen LogP contribution in [0, 0.1) is 0 Å². The van der Waals surface area contributed by atoms with E-state index in [2.05, 4.69) is 4.74 Å². The average molecular weight is 222 g/mol. The smallest absolute Gasteiger partial charge is 0.410 e. The van der Waals surface area contributed by atoms with Crippen LogP contribution in [0.2, 0.25) is 0 Å². The second-order valence-electron chi connectivity index (χ2n) is 3.12. The van der Waals surface area contributed by atoms with Crippen molar-refractivity contribution in [3.05, 3.63) is 23.0 Å². The molecule has 0 bridgehead atoms. The lowest BCUT2D eigenvalue weighted by molar-refractivity contribution is -0.306. The van der Waals surface area contributed by atoms with Crippen LogP contribution in [-0.2, 0) is 4.74 Å². The lowest BCUT2D eigenvalue weighted by atomic mass is 9.99. The average Bonchev–Trinajstić information content (AvgIpc) is 2.12. The van der Waals surface area contributed by atoms with E-state index in [1.54, 1.807) is 6.92 Å². The Bertz CT molecular complexity index is 261. The van der Waals surface area contributed by atoms with Gasteiger partial charge in [0.15, 0.2) is 0 Å². The van der Waals surface area contributed by atoms with Gasteiger partial charge in [-0.3, -0.25) is 0 Å². The Hall–Kier alpha value is -0.930. The third-order valence-corrected chi connectivity index (χ3v) is 2.04. The fourth-order valence-corrected chi connectivity index (χ4v) is 1.17. The molecule has 0 aromatic heterocycles. The van der Waals surface area contributed by atoms with Crippen molar-refractivity contribution >= 4 is 0 Å². The molecule has 0 fully saturated rings. The summed E-state index contributed by atoms with van der Waals surface area (Å²) in [7, 11) is 0. The van der Waals surface area contributed by atoms with Crippen LogP contribution >= 0.6 is 0 Å². The minimum Gasteiger partial charge on any atom is -0.410 e. The molecule has 0 amide bonds. The maximum atomic E-state index is 11.8. The van der Waals surface area contributed by atoms with E-state index < -0.39 is 6.36 Å². The van der Waals surface area contributed by atoms with E-state index in [4.69, 9.17) is 0 Å². The van der Waals surface area contributed by atoms with Crippen molar-refractivity contribution in [3.8, 4) is 0 Å². The van der Waals surface area contributed by atoms with Crippen LogP contribution in [0.5, 0.6) is 0 Å². The van der Waals surface area contributed by atoms with Gasteiger partial charge in [-0.05, 0) is 31.9 Å². The summed E-state index contributed by atoms with van der Waals surface area (Å²) in [6.07, 6.45) is -2.12. The van der Waals surface area contributed by atoms with Gasteiger partial charge in [0.05, 0.1) is 0 Å². The summed E-state index contributed by atoms with van der Waals surface area (Å²) in [4.78, 5) is 0. The standard InChI is InChI=1S/C9H11F3O.C2H6/c1-6-3-4-8(5-7(6)2)13-9(10,11)12;1-2/h5H,3-4H2,1-2H3;1-2H3. The van der Waals surface area contributed by atoms with Gasteiger partial charge in [0.2, 0.25) is 0 Å². The van der Waals surface area contributed by atoms with Crippen LogP contribution < -0.4 is 0 Å². The highest BCUT2D eigenvalue weighted by molar-refractivity contribution is 5.28. The Kier molecular flexibility index (Phi) is 5.47. The van der Waals surface area contributed by atoms with Crippen LogP contribution in [-0.4, -0.2) is 6.36 Å². The Morgan fingerprint density at radius 3 is 2.07 bits per heavy atom. The summed E-state index contributed by atoms with van der Waals surface area (Å²) in [5.74, 6) is 0.00981. The number of alkyl halides is 3. The molecule has 1 aliphatic rings. The summed E-state index contributed by atoms with van der Waals surface area (Å²) >= 11 is 0. The maximum Gasteiger partial charge on any atom is 0.572 e. The molecule has 0 radical (unpaired) electrons. The topological polar surface area (TPSA) is 9.23 Å². The van der Waals surface area contributed by atoms with Crippen molar-refractivity contribution in [3.63, 3.8) is 0 Å². The van der Waals surface area contributed by atoms with Gasteiger partial charge in [-0.15, -0.1) is 13.2 Å². The quantitative estimate of drug-likeness (QED) is 0.631. The fraction of sp³-hybridized carbons (Fsp3) is 0.636. The molecule has 0 aromatic carbocycles. The van der Waals surface area contributed by atoms with Crippen molar-refractivity contribution in [2.24, 2.45) is 0 Å². The second kappa shape index (κ2) is 5.83. The van der Waals surface area contributed by atoms with E-state index in [1.165, 1.54) is 6.08 Å². The monoisotopic (exact) mass is 222 g/mol. The molecule has 0 aromatic rings. The van der Waals surface area contributed by atoms with Gasteiger partial charge in [0.25, 0.3) is 0 Å². The number of hydrogen-bond acceptors (Lipinski definition) is 1. The molecule has 4 heteroatoms. The zero-order valence-electron chi connectivity index (χ0n) is 9.53. The van der Waals surface area contributed by atoms with Gasteiger partial charge in [-0.1, -0.05) is 19.4 Å². The molecule has 1 rings (SSSR count). The minimum absolute atomic E-state index is 0.00981. The van der Waals surface area contributed by atoms with Crippen LogP contribution in [0.3, 0.4) is 0 Å². The van der Waals surface area contributed by atoms with Crippen LogP contribution in [0.1, 0.15) is 40.5 Å². The first kappa shape index (κ1) is 14.1. The third kappa shape index (κ3) is 5.50. The van der Waals surface area contributed by atoms with E-state index in [0.29, 0.717) is 12.8 Å². The predicted octanol–water partition coefficient (Wildman–Crippen LogP) is 4.56. The Morgan fingerprint density at radius 1 is 1.13 bits per heavy atom. The number of ether oxygens (including phenoxy) is 1. The van der Waals surface area contributed by atoms with Crippen molar-refractivity contribution in [2.75, 3.05) is 0 Å². The molecule has 15 heavy (non-hydrogen) atoms. The van der Waals surface area contributed by atoms with Gasteiger partial charge < -0.3 is 4.74 Å². The van der Waals surface area contributed by atoms with Crippen molar-refractivity contribution in [2.45, 2.75) is 46.9 Å². The normalized spacial score (nSPS) is 16.6. The highest BCUT2D eigenvalue weighted by Crippen LogP contribution is 2.29. The van der Waals surface area contributed by atoms with Gasteiger partial charge >= 0.3 is 6.36 Å². The zero-order chi connectivity index (χ0) is 12.1. The molecule has 0 saturated carbocycles. The molecule has 0 spiro atoms.